The van der Waals surface area contributed by atoms with Crippen molar-refractivity contribution < 1.29 is 14.2 Å². The molecule has 1 aromatic heterocycles. The second-order valence-electron chi connectivity index (χ2n) is 8.77. The fraction of sp³-hybridized carbons (Fsp3) is 0.360. The number of ether oxygens (including phenoxy) is 1. The highest BCUT2D eigenvalue weighted by Crippen LogP contribution is 2.48. The van der Waals surface area contributed by atoms with Crippen molar-refractivity contribution >= 4 is 33.7 Å². The Bertz CT molecular complexity index is 1290. The number of hydrogen-bond acceptors (Lipinski definition) is 8. The van der Waals surface area contributed by atoms with Gasteiger partial charge in [0.05, 0.1) is 23.7 Å². The summed E-state index contributed by atoms with van der Waals surface area (Å²) in [5, 5.41) is 24.8. The van der Waals surface area contributed by atoms with E-state index in [-0.39, 0.29) is 27.8 Å². The van der Waals surface area contributed by atoms with Crippen LogP contribution in [0.25, 0.3) is 11.4 Å². The summed E-state index contributed by atoms with van der Waals surface area (Å²) in [4.78, 5) is 7.31. The summed E-state index contributed by atoms with van der Waals surface area (Å²) in [6.45, 7) is 9.50. The van der Waals surface area contributed by atoms with Gasteiger partial charge >= 0.3 is 0 Å². The number of aliphatic imine (C=N–C) groups is 1. The number of guanidine groups is 1. The minimum Gasteiger partial charge on any atom is -0.509 e. The molecule has 0 aromatic carbocycles. The topological polar surface area (TPSA) is 107 Å². The molecule has 7 nitrogen and oxygen atoms in total. The van der Waals surface area contributed by atoms with E-state index in [1.165, 1.54) is 6.08 Å². The molecular weight excluding hydrogens is 453 g/mol. The average molecular weight is 480 g/mol. The van der Waals surface area contributed by atoms with E-state index in [4.69, 9.17) is 15.5 Å². The minimum atomic E-state index is -0.632. The van der Waals surface area contributed by atoms with Crippen LogP contribution in [0.1, 0.15) is 42.7 Å². The Labute approximate surface area is 201 Å². The van der Waals surface area contributed by atoms with Crippen molar-refractivity contribution in [2.24, 2.45) is 4.99 Å². The van der Waals surface area contributed by atoms with E-state index in [0.29, 0.717) is 29.4 Å². The Balaban J connectivity index is 1.65. The van der Waals surface area contributed by atoms with Crippen molar-refractivity contribution in [1.82, 2.24) is 10.2 Å². The quantitative estimate of drug-likeness (QED) is 0.594. The normalized spacial score (nSPS) is 24.4. The number of thiophene rings is 1. The lowest BCUT2D eigenvalue weighted by molar-refractivity contribution is 0.206. The molecule has 0 amide bonds. The van der Waals surface area contributed by atoms with E-state index in [0.717, 1.165) is 53.4 Å². The predicted octanol–water partition coefficient (Wildman–Crippen LogP) is 4.39. The van der Waals surface area contributed by atoms with E-state index in [9.17, 15) is 14.8 Å². The molecule has 2 unspecified atom stereocenters. The van der Waals surface area contributed by atoms with Crippen LogP contribution in [0.15, 0.2) is 51.9 Å². The molecule has 1 aliphatic carbocycles. The number of allylic oxidation sites excluding steroid dienone is 2. The van der Waals surface area contributed by atoms with Crippen molar-refractivity contribution in [3.05, 3.63) is 62.9 Å². The van der Waals surface area contributed by atoms with Gasteiger partial charge in [-0.2, -0.15) is 5.26 Å². The number of nitrogen functional groups attached to an aromatic ring is 1. The first-order chi connectivity index (χ1) is 16.4. The lowest BCUT2D eigenvalue weighted by Gasteiger charge is -2.34. The molecule has 1 aromatic rings. The van der Waals surface area contributed by atoms with Gasteiger partial charge in [0.2, 0.25) is 0 Å². The van der Waals surface area contributed by atoms with Gasteiger partial charge in [-0.05, 0) is 43.4 Å². The first-order valence-electron chi connectivity index (χ1n) is 11.3. The van der Waals surface area contributed by atoms with Gasteiger partial charge in [0.15, 0.2) is 5.96 Å². The number of aliphatic hydroxyl groups excluding tert-OH is 1. The molecule has 0 radical (unpaired) electrons. The van der Waals surface area contributed by atoms with E-state index in [2.05, 4.69) is 29.8 Å². The number of fused-ring (bicyclic) bond motifs is 2. The number of rotatable bonds is 3. The zero-order chi connectivity index (χ0) is 24.1. The van der Waals surface area contributed by atoms with Crippen LogP contribution < -0.4 is 11.1 Å². The van der Waals surface area contributed by atoms with Crippen LogP contribution in [0.5, 0.6) is 0 Å². The molecule has 2 atom stereocenters. The van der Waals surface area contributed by atoms with Crippen LogP contribution in [0.3, 0.4) is 0 Å². The van der Waals surface area contributed by atoms with Gasteiger partial charge in [-0.1, -0.05) is 12.7 Å². The van der Waals surface area contributed by atoms with Crippen LogP contribution in [-0.2, 0) is 4.74 Å². The summed E-state index contributed by atoms with van der Waals surface area (Å²) in [6.07, 6.45) is 5.39. The first-order valence-corrected chi connectivity index (χ1v) is 12.1. The van der Waals surface area contributed by atoms with Crippen LogP contribution in [-0.4, -0.2) is 47.8 Å². The van der Waals surface area contributed by atoms with E-state index in [1.54, 1.807) is 6.92 Å². The van der Waals surface area contributed by atoms with Gasteiger partial charge in [-0.25, -0.2) is 9.38 Å². The van der Waals surface area contributed by atoms with Crippen molar-refractivity contribution in [2.45, 2.75) is 38.8 Å². The molecule has 4 aliphatic rings. The predicted molar refractivity (Wildman–Crippen MR) is 133 cm³/mol. The lowest BCUT2D eigenvalue weighted by atomic mass is 9.79. The highest BCUT2D eigenvalue weighted by atomic mass is 32.1. The van der Waals surface area contributed by atoms with E-state index in [1.807, 2.05) is 6.20 Å². The number of nitrogens with zero attached hydrogens (tertiary/aromatic N) is 3. The van der Waals surface area contributed by atoms with Crippen LogP contribution in [0, 0.1) is 11.3 Å². The number of nitrogens with two attached hydrogens (primary N) is 1. The Hall–Kier alpha value is -3.35. The minimum absolute atomic E-state index is 0.0202. The molecule has 3 aliphatic heterocycles. The van der Waals surface area contributed by atoms with Gasteiger partial charge < -0.3 is 25.8 Å². The summed E-state index contributed by atoms with van der Waals surface area (Å²) < 4.78 is 20.5. The van der Waals surface area contributed by atoms with E-state index < -0.39 is 11.9 Å². The molecule has 0 saturated carbocycles. The SMILES string of the molecule is C=C(C1=C(O)C2N=C(N3CCCC3C)NC=C2C2=C1COC2)c1c(/C(F)=C\C)sc(N)c1C#N. The van der Waals surface area contributed by atoms with Gasteiger partial charge in [-0.15, -0.1) is 11.3 Å². The molecule has 0 spiro atoms. The summed E-state index contributed by atoms with van der Waals surface area (Å²) in [5.74, 6) is 0.246. The number of nitriles is 1. The Morgan fingerprint density at radius 1 is 1.47 bits per heavy atom. The molecule has 5 rings (SSSR count). The third kappa shape index (κ3) is 3.29. The van der Waals surface area contributed by atoms with Gasteiger partial charge in [0.1, 0.15) is 28.7 Å². The van der Waals surface area contributed by atoms with Gasteiger partial charge in [0.25, 0.3) is 0 Å². The molecule has 4 N–H and O–H groups in total. The number of likely N-dealkylation sites (tertiary alicyclic amines) is 1. The number of halogens is 1. The molecule has 9 heteroatoms. The van der Waals surface area contributed by atoms with E-state index >= 15 is 0 Å². The third-order valence-corrected chi connectivity index (χ3v) is 7.90. The zero-order valence-corrected chi connectivity index (χ0v) is 19.9. The number of hydrogen-bond donors (Lipinski definition) is 3. The molecule has 1 fully saturated rings. The molecule has 4 heterocycles. The first kappa shape index (κ1) is 22.4. The van der Waals surface area contributed by atoms with Crippen LogP contribution >= 0.6 is 11.3 Å². The number of aliphatic hydroxyl groups is 1. The molecule has 34 heavy (non-hydrogen) atoms. The smallest absolute Gasteiger partial charge is 0.199 e. The van der Waals surface area contributed by atoms with Gasteiger partial charge in [-0.3, -0.25) is 0 Å². The van der Waals surface area contributed by atoms with Crippen LogP contribution in [0.4, 0.5) is 9.39 Å². The summed E-state index contributed by atoms with van der Waals surface area (Å²) >= 11 is 1.00. The second-order valence-corrected chi connectivity index (χ2v) is 9.82. The lowest BCUT2D eigenvalue weighted by Crippen LogP contribution is -2.45. The largest absolute Gasteiger partial charge is 0.509 e. The maximum Gasteiger partial charge on any atom is 0.199 e. The maximum absolute atomic E-state index is 14.8. The highest BCUT2D eigenvalue weighted by Gasteiger charge is 2.40. The highest BCUT2D eigenvalue weighted by molar-refractivity contribution is 7.17. The summed E-state index contributed by atoms with van der Waals surface area (Å²) in [5.41, 5.74) is 9.88. The van der Waals surface area contributed by atoms with Crippen molar-refractivity contribution in [3.8, 4) is 6.07 Å². The Morgan fingerprint density at radius 3 is 2.91 bits per heavy atom. The van der Waals surface area contributed by atoms with Gasteiger partial charge in [0, 0.05) is 35.5 Å². The number of anilines is 1. The maximum atomic E-state index is 14.8. The number of nitrogens with one attached hydrogen (secondary N) is 1. The van der Waals surface area contributed by atoms with Crippen LogP contribution in [0.2, 0.25) is 0 Å². The molecule has 1 saturated heterocycles. The van der Waals surface area contributed by atoms with Crippen molar-refractivity contribution in [1.29, 1.82) is 5.26 Å². The molecule has 176 valence electrons. The van der Waals surface area contributed by atoms with Crippen molar-refractivity contribution in [3.63, 3.8) is 0 Å². The Morgan fingerprint density at radius 2 is 2.24 bits per heavy atom. The fourth-order valence-electron chi connectivity index (χ4n) is 5.13. The fourth-order valence-corrected chi connectivity index (χ4v) is 6.14. The Kier molecular flexibility index (Phi) is 5.58. The zero-order valence-electron chi connectivity index (χ0n) is 19.1. The average Bonchev–Trinajstić information content (AvgIpc) is 3.56. The second kappa shape index (κ2) is 8.46. The standard InChI is InChI=1S/C25H26FN5O2S/c1-4-18(26)23-20(14(8-27)24(28)34-23)13(3)19-17-11-33-10-16(17)15-9-29-25(30-21(15)22(19)32)31-7-5-6-12(31)2/h4,9,12,21,32H,3,5-7,10-11,28H2,1-2H3,(H,29,30)/b18-4+. The summed E-state index contributed by atoms with van der Waals surface area (Å²) in [6, 6.07) is 1.81. The molecular formula is C25H26FN5O2S. The molecule has 0 bridgehead atoms. The monoisotopic (exact) mass is 479 g/mol. The summed E-state index contributed by atoms with van der Waals surface area (Å²) in [7, 11) is 0. The van der Waals surface area contributed by atoms with Crippen molar-refractivity contribution in [2.75, 3.05) is 25.5 Å². The third-order valence-electron chi connectivity index (χ3n) is 6.87.